The lowest BCUT2D eigenvalue weighted by molar-refractivity contribution is -0.139. The van der Waals surface area contributed by atoms with Gasteiger partial charge in [-0.25, -0.2) is 14.4 Å². The van der Waals surface area contributed by atoms with E-state index in [-0.39, 0.29) is 17.5 Å². The van der Waals surface area contributed by atoms with Crippen LogP contribution < -0.4 is 0 Å². The number of carbonyl (C=O) groups is 3. The standard InChI is InChI=1S/C10H18O2.C5H8O2.C4H6O2/c1-4-5-6-7-8-12-10(11)9(2)3;1-4(2)5(6)7-3;1-3(2)4(5)6/h2,4-8H2,1,3H3;1H2,2-3H3;1H2,2H3,(H,5,6). The molecule has 0 fully saturated rings. The zero-order valence-electron chi connectivity index (χ0n) is 16.1. The molecule has 0 aliphatic heterocycles. The van der Waals surface area contributed by atoms with Crippen molar-refractivity contribution in [1.82, 2.24) is 0 Å². The lowest BCUT2D eigenvalue weighted by atomic mass is 10.2. The maximum absolute atomic E-state index is 10.9. The normalized spacial score (nSPS) is 8.52. The number of esters is 2. The largest absolute Gasteiger partial charge is 0.478 e. The Balaban J connectivity index is -0.000000317. The molecular weight excluding hydrogens is 324 g/mol. The summed E-state index contributed by atoms with van der Waals surface area (Å²) >= 11 is 0. The van der Waals surface area contributed by atoms with E-state index < -0.39 is 5.97 Å². The molecule has 0 radical (unpaired) electrons. The number of carbonyl (C=O) groups excluding carboxylic acids is 2. The van der Waals surface area contributed by atoms with Crippen LogP contribution in [0.15, 0.2) is 36.5 Å². The summed E-state index contributed by atoms with van der Waals surface area (Å²) < 4.78 is 9.18. The number of rotatable bonds is 8. The number of unbranched alkanes of at least 4 members (excludes halogenated alkanes) is 3. The van der Waals surface area contributed by atoms with Crippen LogP contribution in [0.3, 0.4) is 0 Å². The molecule has 0 saturated carbocycles. The molecule has 0 aliphatic rings. The van der Waals surface area contributed by atoms with Crippen molar-refractivity contribution in [2.75, 3.05) is 13.7 Å². The molecule has 1 N–H and O–H groups in total. The summed E-state index contributed by atoms with van der Waals surface area (Å²) in [7, 11) is 1.33. The number of carboxylic acid groups (broad SMARTS) is 1. The molecule has 0 aliphatic carbocycles. The maximum atomic E-state index is 10.9. The smallest absolute Gasteiger partial charge is 0.333 e. The Hall–Kier alpha value is -2.37. The molecule has 0 heterocycles. The van der Waals surface area contributed by atoms with Crippen LogP contribution >= 0.6 is 0 Å². The van der Waals surface area contributed by atoms with Gasteiger partial charge in [-0.05, 0) is 27.2 Å². The predicted molar refractivity (Wildman–Crippen MR) is 99.2 cm³/mol. The quantitative estimate of drug-likeness (QED) is 0.400. The van der Waals surface area contributed by atoms with E-state index in [1.54, 1.807) is 13.8 Å². The summed E-state index contributed by atoms with van der Waals surface area (Å²) in [6.45, 7) is 17.4. The zero-order valence-corrected chi connectivity index (χ0v) is 16.1. The Morgan fingerprint density at radius 3 is 1.52 bits per heavy atom. The fourth-order valence-electron chi connectivity index (χ4n) is 0.991. The topological polar surface area (TPSA) is 89.9 Å². The minimum Gasteiger partial charge on any atom is -0.478 e. The van der Waals surface area contributed by atoms with Gasteiger partial charge >= 0.3 is 17.9 Å². The van der Waals surface area contributed by atoms with Crippen molar-refractivity contribution < 1.29 is 29.0 Å². The van der Waals surface area contributed by atoms with Crippen LogP contribution in [0, 0.1) is 0 Å². The maximum Gasteiger partial charge on any atom is 0.333 e. The fourth-order valence-corrected chi connectivity index (χ4v) is 0.991. The van der Waals surface area contributed by atoms with Crippen molar-refractivity contribution >= 4 is 17.9 Å². The Bertz CT molecular complexity index is 451. The minimum absolute atomic E-state index is 0.176. The first-order valence-corrected chi connectivity index (χ1v) is 7.96. The zero-order chi connectivity index (χ0) is 20.4. The first kappa shape index (κ1) is 27.5. The van der Waals surface area contributed by atoms with E-state index >= 15 is 0 Å². The van der Waals surface area contributed by atoms with Gasteiger partial charge in [0, 0.05) is 16.7 Å². The molecule has 0 aromatic rings. The van der Waals surface area contributed by atoms with Crippen LogP contribution in [-0.4, -0.2) is 36.7 Å². The fraction of sp³-hybridized carbons (Fsp3) is 0.526. The van der Waals surface area contributed by atoms with Gasteiger partial charge in [0.05, 0.1) is 13.7 Å². The van der Waals surface area contributed by atoms with E-state index in [0.717, 1.165) is 12.8 Å². The van der Waals surface area contributed by atoms with Gasteiger partial charge in [0.15, 0.2) is 0 Å². The SMILES string of the molecule is C=C(C)C(=O)O.C=C(C)C(=O)OC.C=C(C)C(=O)OCCCCCC. The van der Waals surface area contributed by atoms with Crippen LogP contribution in [0.25, 0.3) is 0 Å². The van der Waals surface area contributed by atoms with Crippen molar-refractivity contribution in [2.24, 2.45) is 0 Å². The number of hydrogen-bond acceptors (Lipinski definition) is 5. The highest BCUT2D eigenvalue weighted by Crippen LogP contribution is 2.00. The third-order valence-electron chi connectivity index (χ3n) is 2.48. The van der Waals surface area contributed by atoms with Crippen molar-refractivity contribution in [3.8, 4) is 0 Å². The molecule has 6 nitrogen and oxygen atoms in total. The number of aliphatic carboxylic acids is 1. The average Bonchev–Trinajstić information content (AvgIpc) is 2.54. The second-order valence-electron chi connectivity index (χ2n) is 5.33. The monoisotopic (exact) mass is 356 g/mol. The van der Waals surface area contributed by atoms with Crippen molar-refractivity contribution in [3.05, 3.63) is 36.5 Å². The molecular formula is C19H32O6. The highest BCUT2D eigenvalue weighted by atomic mass is 16.5. The summed E-state index contributed by atoms with van der Waals surface area (Å²) in [5.41, 5.74) is 1.09. The number of hydrogen-bond donors (Lipinski definition) is 1. The van der Waals surface area contributed by atoms with Crippen LogP contribution in [-0.2, 0) is 23.9 Å². The Morgan fingerprint density at radius 1 is 0.840 bits per heavy atom. The van der Waals surface area contributed by atoms with Crippen LogP contribution in [0.5, 0.6) is 0 Å². The lowest BCUT2D eigenvalue weighted by Gasteiger charge is -2.02. The lowest BCUT2D eigenvalue weighted by Crippen LogP contribution is -2.05. The van der Waals surface area contributed by atoms with Crippen molar-refractivity contribution in [1.29, 1.82) is 0 Å². The van der Waals surface area contributed by atoms with Gasteiger partial charge in [-0.15, -0.1) is 0 Å². The molecule has 0 aromatic carbocycles. The van der Waals surface area contributed by atoms with E-state index in [0.29, 0.717) is 17.8 Å². The molecule has 0 aromatic heterocycles. The van der Waals surface area contributed by atoms with Gasteiger partial charge in [0.2, 0.25) is 0 Å². The van der Waals surface area contributed by atoms with E-state index in [4.69, 9.17) is 9.84 Å². The number of carboxylic acids is 1. The number of methoxy groups -OCH3 is 1. The van der Waals surface area contributed by atoms with Crippen LogP contribution in [0.2, 0.25) is 0 Å². The van der Waals surface area contributed by atoms with Crippen LogP contribution in [0.4, 0.5) is 0 Å². The van der Waals surface area contributed by atoms with Gasteiger partial charge < -0.3 is 14.6 Å². The molecule has 0 rings (SSSR count). The summed E-state index contributed by atoms with van der Waals surface area (Å²) in [5.74, 6) is -1.55. The predicted octanol–water partition coefficient (Wildman–Crippen LogP) is 4.07. The molecule has 0 unspecified atom stereocenters. The van der Waals surface area contributed by atoms with Gasteiger partial charge in [-0.1, -0.05) is 45.9 Å². The Labute approximate surface area is 151 Å². The molecule has 0 spiro atoms. The van der Waals surface area contributed by atoms with Crippen molar-refractivity contribution in [2.45, 2.75) is 53.4 Å². The van der Waals surface area contributed by atoms with Gasteiger partial charge in [0.1, 0.15) is 0 Å². The Morgan fingerprint density at radius 2 is 1.28 bits per heavy atom. The van der Waals surface area contributed by atoms with Crippen LogP contribution in [0.1, 0.15) is 53.4 Å². The highest BCUT2D eigenvalue weighted by Gasteiger charge is 2.01. The summed E-state index contributed by atoms with van der Waals surface area (Å²) in [4.78, 5) is 30.6. The molecule has 0 atom stereocenters. The molecule has 6 heteroatoms. The molecule has 144 valence electrons. The van der Waals surface area contributed by atoms with Crippen molar-refractivity contribution in [3.63, 3.8) is 0 Å². The highest BCUT2D eigenvalue weighted by molar-refractivity contribution is 5.87. The summed E-state index contributed by atoms with van der Waals surface area (Å²) in [6, 6.07) is 0. The number of ether oxygens (including phenoxy) is 2. The third-order valence-corrected chi connectivity index (χ3v) is 2.48. The van der Waals surface area contributed by atoms with Gasteiger partial charge in [-0.3, -0.25) is 0 Å². The van der Waals surface area contributed by atoms with Gasteiger partial charge in [-0.2, -0.15) is 0 Å². The molecule has 25 heavy (non-hydrogen) atoms. The molecule has 0 amide bonds. The first-order chi connectivity index (χ1) is 11.5. The summed E-state index contributed by atoms with van der Waals surface area (Å²) in [5, 5.41) is 7.89. The third kappa shape index (κ3) is 24.0. The summed E-state index contributed by atoms with van der Waals surface area (Å²) in [6.07, 6.45) is 4.52. The Kier molecular flexibility index (Phi) is 19.8. The molecule has 0 bridgehead atoms. The minimum atomic E-state index is -0.935. The molecule has 0 saturated heterocycles. The van der Waals surface area contributed by atoms with E-state index in [1.807, 2.05) is 0 Å². The first-order valence-electron chi connectivity index (χ1n) is 7.96. The average molecular weight is 356 g/mol. The van der Waals surface area contributed by atoms with E-state index in [1.165, 1.54) is 26.9 Å². The van der Waals surface area contributed by atoms with Gasteiger partial charge in [0.25, 0.3) is 0 Å². The van der Waals surface area contributed by atoms with E-state index in [9.17, 15) is 14.4 Å². The second-order valence-corrected chi connectivity index (χ2v) is 5.33. The second kappa shape index (κ2) is 18.0. The van der Waals surface area contributed by atoms with E-state index in [2.05, 4.69) is 31.4 Å².